The van der Waals surface area contributed by atoms with Crippen molar-refractivity contribution in [3.8, 4) is 22.5 Å². The maximum Gasteiger partial charge on any atom is 0.260 e. The highest BCUT2D eigenvalue weighted by Crippen LogP contribution is 2.32. The number of aryl methyl sites for hydroxylation is 1. The van der Waals surface area contributed by atoms with Crippen molar-refractivity contribution in [2.75, 3.05) is 25.6 Å². The third-order valence-corrected chi connectivity index (χ3v) is 6.33. The highest BCUT2D eigenvalue weighted by atomic mass is 35.5. The van der Waals surface area contributed by atoms with Crippen molar-refractivity contribution < 1.29 is 9.26 Å². The fraction of sp³-hybridized carbons (Fsp3) is 0.407. The number of nitrogens with one attached hydrogen (secondary N) is 1. The smallest absolute Gasteiger partial charge is 0.260 e. The van der Waals surface area contributed by atoms with Gasteiger partial charge in [-0.3, -0.25) is 14.4 Å². The van der Waals surface area contributed by atoms with Gasteiger partial charge in [0.05, 0.1) is 0 Å². The molecule has 192 valence electrons. The van der Waals surface area contributed by atoms with Crippen molar-refractivity contribution in [1.82, 2.24) is 14.7 Å². The van der Waals surface area contributed by atoms with Crippen molar-refractivity contribution in [3.05, 3.63) is 57.7 Å². The molecule has 1 aromatic carbocycles. The van der Waals surface area contributed by atoms with E-state index in [4.69, 9.17) is 25.9 Å². The first-order valence-corrected chi connectivity index (χ1v) is 12.5. The molecule has 8 nitrogen and oxygen atoms in total. The molecule has 1 N–H and O–H groups in total. The fourth-order valence-electron chi connectivity index (χ4n) is 3.81. The molecule has 0 spiro atoms. The molecule has 1 unspecified atom stereocenters. The van der Waals surface area contributed by atoms with Crippen LogP contribution in [0.5, 0.6) is 0 Å². The van der Waals surface area contributed by atoms with Gasteiger partial charge in [0.2, 0.25) is 11.7 Å². The minimum absolute atomic E-state index is 0.154. The van der Waals surface area contributed by atoms with Gasteiger partial charge >= 0.3 is 0 Å². The Bertz CT molecular complexity index is 1300. The molecule has 0 amide bonds. The summed E-state index contributed by atoms with van der Waals surface area (Å²) in [6.45, 7) is 13.6. The molecule has 0 saturated carbocycles. The second-order valence-corrected chi connectivity index (χ2v) is 8.90. The monoisotopic (exact) mass is 511 g/mol. The molecule has 36 heavy (non-hydrogen) atoms. The topological polar surface area (TPSA) is 94.5 Å². The molecule has 1 atom stereocenters. The number of pyridine rings is 1. The van der Waals surface area contributed by atoms with E-state index in [9.17, 15) is 4.79 Å². The SMILES string of the molecule is C=Cc1cc(-c2ccc(-c3noc(C)n3)cc2Cl)c(=O)n(CC)c1NC(=NCCCOC)C(C)CC. The minimum atomic E-state index is -0.154. The van der Waals surface area contributed by atoms with Gasteiger partial charge in [-0.2, -0.15) is 4.98 Å². The van der Waals surface area contributed by atoms with Crippen LogP contribution in [0.15, 0.2) is 45.2 Å². The van der Waals surface area contributed by atoms with Gasteiger partial charge in [0, 0.05) is 66.9 Å². The van der Waals surface area contributed by atoms with Crippen molar-refractivity contribution in [1.29, 1.82) is 0 Å². The van der Waals surface area contributed by atoms with E-state index in [1.807, 2.05) is 25.1 Å². The summed E-state index contributed by atoms with van der Waals surface area (Å²) in [6.07, 6.45) is 3.47. The van der Waals surface area contributed by atoms with Gasteiger partial charge in [-0.05, 0) is 31.9 Å². The quantitative estimate of drug-likeness (QED) is 0.190. The van der Waals surface area contributed by atoms with Gasteiger partial charge in [0.15, 0.2) is 0 Å². The van der Waals surface area contributed by atoms with Gasteiger partial charge in [0.25, 0.3) is 5.56 Å². The standard InChI is InChI=1S/C27H34ClN5O3/c1-7-17(4)24(29-13-10-14-35-6)31-26-19(8-2)15-22(27(34)33(26)9-3)21-12-11-20(16-23(21)28)25-30-18(5)36-32-25/h8,11-12,15-17H,2,7,9-10,13-14H2,1,3-6H3,(H,29,31). The Balaban J connectivity index is 2.06. The maximum absolute atomic E-state index is 13.7. The molecule has 2 heterocycles. The van der Waals surface area contributed by atoms with E-state index in [-0.39, 0.29) is 11.5 Å². The predicted octanol–water partition coefficient (Wildman–Crippen LogP) is 6.08. The van der Waals surface area contributed by atoms with Crippen molar-refractivity contribution in [3.63, 3.8) is 0 Å². The highest BCUT2D eigenvalue weighted by molar-refractivity contribution is 6.33. The first-order valence-electron chi connectivity index (χ1n) is 12.2. The molecule has 0 aliphatic heterocycles. The van der Waals surface area contributed by atoms with Crippen LogP contribution in [0.2, 0.25) is 5.02 Å². The van der Waals surface area contributed by atoms with Crippen LogP contribution in [0.4, 0.5) is 5.82 Å². The largest absolute Gasteiger partial charge is 0.385 e. The Morgan fingerprint density at radius 2 is 2.11 bits per heavy atom. The lowest BCUT2D eigenvalue weighted by molar-refractivity contribution is 0.197. The lowest BCUT2D eigenvalue weighted by atomic mass is 10.0. The molecular weight excluding hydrogens is 478 g/mol. The van der Waals surface area contributed by atoms with Crippen molar-refractivity contribution in [2.45, 2.75) is 47.1 Å². The number of methoxy groups -OCH3 is 1. The summed E-state index contributed by atoms with van der Waals surface area (Å²) in [7, 11) is 1.68. The van der Waals surface area contributed by atoms with Crippen LogP contribution >= 0.6 is 11.6 Å². The Morgan fingerprint density at radius 1 is 1.33 bits per heavy atom. The molecule has 3 aromatic rings. The normalized spacial score (nSPS) is 12.6. The zero-order valence-electron chi connectivity index (χ0n) is 21.6. The van der Waals surface area contributed by atoms with Gasteiger partial charge in [-0.1, -0.05) is 55.4 Å². The molecule has 0 radical (unpaired) electrons. The first-order chi connectivity index (χ1) is 17.3. The lowest BCUT2D eigenvalue weighted by Gasteiger charge is -2.22. The van der Waals surface area contributed by atoms with E-state index in [1.54, 1.807) is 30.7 Å². The van der Waals surface area contributed by atoms with Crippen LogP contribution in [0.25, 0.3) is 28.6 Å². The second kappa shape index (κ2) is 12.6. The zero-order chi connectivity index (χ0) is 26.2. The number of hydrogen-bond acceptors (Lipinski definition) is 6. The molecule has 2 aromatic heterocycles. The van der Waals surface area contributed by atoms with Gasteiger partial charge in [-0.25, -0.2) is 0 Å². The fourth-order valence-corrected chi connectivity index (χ4v) is 4.09. The minimum Gasteiger partial charge on any atom is -0.385 e. The predicted molar refractivity (Wildman–Crippen MR) is 147 cm³/mol. The number of nitrogens with zero attached hydrogens (tertiary/aromatic N) is 4. The summed E-state index contributed by atoms with van der Waals surface area (Å²) in [5.74, 6) is 2.61. The number of aromatic nitrogens is 3. The zero-order valence-corrected chi connectivity index (χ0v) is 22.4. The number of benzene rings is 1. The van der Waals surface area contributed by atoms with Crippen LogP contribution in [-0.2, 0) is 11.3 Å². The van der Waals surface area contributed by atoms with E-state index in [0.29, 0.717) is 58.9 Å². The van der Waals surface area contributed by atoms with Crippen LogP contribution in [0, 0.1) is 12.8 Å². The number of rotatable bonds is 11. The Hall–Kier alpha value is -3.23. The molecule has 0 aliphatic carbocycles. The summed E-state index contributed by atoms with van der Waals surface area (Å²) >= 11 is 6.65. The van der Waals surface area contributed by atoms with E-state index in [2.05, 4.69) is 35.9 Å². The maximum atomic E-state index is 13.7. The number of anilines is 1. The van der Waals surface area contributed by atoms with Crippen LogP contribution in [0.3, 0.4) is 0 Å². The van der Waals surface area contributed by atoms with E-state index in [0.717, 1.165) is 24.2 Å². The van der Waals surface area contributed by atoms with Crippen LogP contribution in [0.1, 0.15) is 45.1 Å². The Labute approximate surface area is 217 Å². The Kier molecular flexibility index (Phi) is 9.61. The molecule has 0 bridgehead atoms. The summed E-state index contributed by atoms with van der Waals surface area (Å²) in [5.41, 5.74) is 2.45. The van der Waals surface area contributed by atoms with Crippen LogP contribution in [-0.4, -0.2) is 40.8 Å². The third kappa shape index (κ3) is 6.12. The molecule has 0 fully saturated rings. The molecule has 9 heteroatoms. The number of ether oxygens (including phenoxy) is 1. The van der Waals surface area contributed by atoms with Crippen molar-refractivity contribution in [2.24, 2.45) is 10.9 Å². The second-order valence-electron chi connectivity index (χ2n) is 8.49. The summed E-state index contributed by atoms with van der Waals surface area (Å²) in [5, 5.41) is 7.82. The number of halogens is 1. The van der Waals surface area contributed by atoms with Gasteiger partial charge in [0.1, 0.15) is 11.7 Å². The number of hydrogen-bond donors (Lipinski definition) is 1. The first kappa shape index (κ1) is 27.4. The highest BCUT2D eigenvalue weighted by Gasteiger charge is 2.19. The lowest BCUT2D eigenvalue weighted by Crippen LogP contribution is -2.30. The third-order valence-electron chi connectivity index (χ3n) is 6.01. The van der Waals surface area contributed by atoms with Crippen LogP contribution < -0.4 is 10.9 Å². The van der Waals surface area contributed by atoms with Crippen molar-refractivity contribution >= 4 is 29.3 Å². The summed E-state index contributed by atoms with van der Waals surface area (Å²) in [6, 6.07) is 7.20. The van der Waals surface area contributed by atoms with E-state index >= 15 is 0 Å². The summed E-state index contributed by atoms with van der Waals surface area (Å²) < 4.78 is 11.9. The average molecular weight is 512 g/mol. The summed E-state index contributed by atoms with van der Waals surface area (Å²) in [4.78, 5) is 22.7. The molecule has 3 rings (SSSR count). The van der Waals surface area contributed by atoms with E-state index < -0.39 is 0 Å². The number of aliphatic imine (C=N–C) groups is 1. The molecule has 0 aliphatic rings. The van der Waals surface area contributed by atoms with Gasteiger partial charge in [-0.15, -0.1) is 0 Å². The molecular formula is C27H34ClN5O3. The Morgan fingerprint density at radius 3 is 2.69 bits per heavy atom. The average Bonchev–Trinajstić information content (AvgIpc) is 3.32. The van der Waals surface area contributed by atoms with E-state index in [1.165, 1.54) is 0 Å². The molecule has 0 saturated heterocycles. The van der Waals surface area contributed by atoms with Gasteiger partial charge < -0.3 is 14.6 Å². The number of amidine groups is 1.